The van der Waals surface area contributed by atoms with E-state index in [1.54, 1.807) is 12.1 Å². The van der Waals surface area contributed by atoms with E-state index in [4.69, 9.17) is 4.74 Å². The number of nitrogens with zero attached hydrogens (tertiary/aromatic N) is 4. The molecule has 0 saturated carbocycles. The number of amidine groups is 2. The van der Waals surface area contributed by atoms with Gasteiger partial charge in [0.2, 0.25) is 0 Å². The number of hydrogen-bond donors (Lipinski definition) is 0. The number of rotatable bonds is 6. The topological polar surface area (TPSA) is 80.3 Å². The zero-order chi connectivity index (χ0) is 18.4. The first kappa shape index (κ1) is 17.9. The van der Waals surface area contributed by atoms with E-state index < -0.39 is 4.92 Å². The highest BCUT2D eigenvalue weighted by atomic mass is 32.2. The third kappa shape index (κ3) is 4.40. The van der Waals surface area contributed by atoms with E-state index >= 15 is 0 Å². The van der Waals surface area contributed by atoms with Crippen LogP contribution in [0.25, 0.3) is 0 Å². The van der Waals surface area contributed by atoms with Crippen LogP contribution in [0.4, 0.5) is 5.69 Å². The first-order chi connectivity index (χ1) is 12.7. The molecular formula is C18H18N4O3S. The monoisotopic (exact) mass is 370 g/mol. The summed E-state index contributed by atoms with van der Waals surface area (Å²) in [7, 11) is 0. The van der Waals surface area contributed by atoms with Crippen molar-refractivity contribution in [2.45, 2.75) is 19.8 Å². The molecule has 0 aromatic heterocycles. The van der Waals surface area contributed by atoms with Crippen molar-refractivity contribution in [2.75, 3.05) is 6.54 Å². The maximum atomic E-state index is 10.8. The third-order valence-corrected chi connectivity index (χ3v) is 4.43. The second kappa shape index (κ2) is 8.48. The van der Waals surface area contributed by atoms with Gasteiger partial charge in [-0.15, -0.1) is 0 Å². The zero-order valence-corrected chi connectivity index (χ0v) is 15.1. The predicted molar refractivity (Wildman–Crippen MR) is 103 cm³/mol. The lowest BCUT2D eigenvalue weighted by atomic mass is 10.2. The predicted octanol–water partition coefficient (Wildman–Crippen LogP) is 4.46. The molecule has 0 amide bonds. The number of nitro groups is 1. The van der Waals surface area contributed by atoms with E-state index in [0.29, 0.717) is 17.6 Å². The second-order valence-corrected chi connectivity index (χ2v) is 6.35. The van der Waals surface area contributed by atoms with Crippen molar-refractivity contribution in [1.29, 1.82) is 0 Å². The molecule has 1 aliphatic rings. The molecule has 0 saturated heterocycles. The average Bonchev–Trinajstić information content (AvgIpc) is 2.68. The molecular weight excluding hydrogens is 352 g/mol. The van der Waals surface area contributed by atoms with Crippen LogP contribution in [0.3, 0.4) is 0 Å². The number of non-ortho nitro benzene ring substituents is 1. The summed E-state index contributed by atoms with van der Waals surface area (Å²) in [4.78, 5) is 14.9. The van der Waals surface area contributed by atoms with Crippen molar-refractivity contribution < 1.29 is 9.66 Å². The van der Waals surface area contributed by atoms with Crippen LogP contribution in [-0.2, 0) is 0 Å². The molecule has 0 atom stereocenters. The van der Waals surface area contributed by atoms with Gasteiger partial charge in [0.15, 0.2) is 5.84 Å². The standard InChI is InChI=1S/C18H18N4O3S/c1-2-3-13-21-18(25-16-11-9-15(10-12-16)22(23)24)19-17(20-26-21)14-7-5-4-6-8-14/h4-12H,2-3,13H2,1H3. The first-order valence-corrected chi connectivity index (χ1v) is 8.99. The fourth-order valence-corrected chi connectivity index (χ4v) is 2.93. The molecule has 3 rings (SSSR count). The number of unbranched alkanes of at least 4 members (excludes halogenated alkanes) is 1. The van der Waals surface area contributed by atoms with Gasteiger partial charge in [0, 0.05) is 24.2 Å². The van der Waals surface area contributed by atoms with Crippen LogP contribution in [-0.4, -0.2) is 27.6 Å². The molecule has 0 bridgehead atoms. The SMILES string of the molecule is CCCCN1SN=C(c2ccccc2)N=C1Oc1ccc([N+](=O)[O-])cc1. The molecule has 0 radical (unpaired) electrons. The zero-order valence-electron chi connectivity index (χ0n) is 14.2. The Kier molecular flexibility index (Phi) is 5.85. The molecule has 2 aromatic rings. The van der Waals surface area contributed by atoms with Crippen molar-refractivity contribution in [3.8, 4) is 5.75 Å². The lowest BCUT2D eigenvalue weighted by Crippen LogP contribution is -2.33. The largest absolute Gasteiger partial charge is 0.425 e. The molecule has 7 nitrogen and oxygen atoms in total. The molecule has 0 fully saturated rings. The third-order valence-electron chi connectivity index (χ3n) is 3.64. The van der Waals surface area contributed by atoms with Gasteiger partial charge >= 0.3 is 6.02 Å². The molecule has 0 aliphatic carbocycles. The van der Waals surface area contributed by atoms with Gasteiger partial charge in [0.1, 0.15) is 5.75 Å². The van der Waals surface area contributed by atoms with Gasteiger partial charge in [0.25, 0.3) is 5.69 Å². The van der Waals surface area contributed by atoms with Gasteiger partial charge in [0.05, 0.1) is 17.1 Å². The Bertz CT molecular complexity index is 822. The summed E-state index contributed by atoms with van der Waals surface area (Å²) in [5.41, 5.74) is 0.923. The Labute approximate surface area is 155 Å². The van der Waals surface area contributed by atoms with Crippen molar-refractivity contribution >= 4 is 29.7 Å². The highest BCUT2D eigenvalue weighted by Gasteiger charge is 2.21. The van der Waals surface area contributed by atoms with Gasteiger partial charge in [-0.3, -0.25) is 10.1 Å². The maximum absolute atomic E-state index is 10.8. The van der Waals surface area contributed by atoms with Crippen LogP contribution < -0.4 is 4.74 Å². The van der Waals surface area contributed by atoms with Crippen LogP contribution in [0.2, 0.25) is 0 Å². The summed E-state index contributed by atoms with van der Waals surface area (Å²) in [6, 6.07) is 16.0. The lowest BCUT2D eigenvalue weighted by molar-refractivity contribution is -0.384. The molecule has 0 unspecified atom stereocenters. The molecule has 0 spiro atoms. The molecule has 1 heterocycles. The summed E-state index contributed by atoms with van der Waals surface area (Å²) in [6.07, 6.45) is 2.02. The van der Waals surface area contributed by atoms with Crippen LogP contribution in [0.15, 0.2) is 64.0 Å². The Morgan fingerprint density at radius 2 is 1.88 bits per heavy atom. The first-order valence-electron chi connectivity index (χ1n) is 8.26. The summed E-state index contributed by atoms with van der Waals surface area (Å²) in [5, 5.41) is 10.8. The van der Waals surface area contributed by atoms with Gasteiger partial charge in [-0.1, -0.05) is 43.7 Å². The van der Waals surface area contributed by atoms with E-state index in [1.165, 1.54) is 24.3 Å². The minimum atomic E-state index is -0.439. The Balaban J connectivity index is 1.83. The van der Waals surface area contributed by atoms with Crippen LogP contribution in [0, 0.1) is 10.1 Å². The Morgan fingerprint density at radius 1 is 1.15 bits per heavy atom. The molecule has 1 aliphatic heterocycles. The average molecular weight is 370 g/mol. The maximum Gasteiger partial charge on any atom is 0.311 e. The summed E-state index contributed by atoms with van der Waals surface area (Å²) < 4.78 is 12.3. The van der Waals surface area contributed by atoms with E-state index in [-0.39, 0.29) is 5.69 Å². The number of benzene rings is 2. The van der Waals surface area contributed by atoms with E-state index in [0.717, 1.165) is 24.9 Å². The summed E-state index contributed by atoms with van der Waals surface area (Å²) in [5.74, 6) is 1.08. The molecule has 2 aromatic carbocycles. The molecule has 134 valence electrons. The Morgan fingerprint density at radius 3 is 2.54 bits per heavy atom. The van der Waals surface area contributed by atoms with Crippen molar-refractivity contribution in [3.63, 3.8) is 0 Å². The quantitative estimate of drug-likeness (QED) is 0.426. The van der Waals surface area contributed by atoms with Gasteiger partial charge in [-0.2, -0.15) is 9.39 Å². The van der Waals surface area contributed by atoms with Gasteiger partial charge in [-0.05, 0) is 18.6 Å². The number of hydrogen-bond acceptors (Lipinski definition) is 7. The van der Waals surface area contributed by atoms with Crippen LogP contribution in [0.5, 0.6) is 5.75 Å². The van der Waals surface area contributed by atoms with E-state index in [2.05, 4.69) is 16.3 Å². The van der Waals surface area contributed by atoms with Crippen molar-refractivity contribution in [2.24, 2.45) is 9.39 Å². The highest BCUT2D eigenvalue weighted by molar-refractivity contribution is 7.96. The lowest BCUT2D eigenvalue weighted by Gasteiger charge is -2.24. The minimum absolute atomic E-state index is 0.0201. The smallest absolute Gasteiger partial charge is 0.311 e. The normalized spacial score (nSPS) is 13.8. The number of nitro benzene ring substituents is 1. The fourth-order valence-electron chi connectivity index (χ4n) is 2.25. The number of ether oxygens (including phenoxy) is 1. The van der Waals surface area contributed by atoms with Crippen LogP contribution >= 0.6 is 12.1 Å². The Hall–Kier alpha value is -2.87. The minimum Gasteiger partial charge on any atom is -0.425 e. The molecule has 0 N–H and O–H groups in total. The van der Waals surface area contributed by atoms with E-state index in [1.807, 2.05) is 34.6 Å². The summed E-state index contributed by atoms with van der Waals surface area (Å²) in [6.45, 7) is 2.86. The van der Waals surface area contributed by atoms with E-state index in [9.17, 15) is 10.1 Å². The molecule has 8 heteroatoms. The van der Waals surface area contributed by atoms with Crippen molar-refractivity contribution in [1.82, 2.24) is 4.31 Å². The number of aliphatic imine (C=N–C) groups is 1. The van der Waals surface area contributed by atoms with Gasteiger partial charge in [-0.25, -0.2) is 4.31 Å². The molecule has 26 heavy (non-hydrogen) atoms. The second-order valence-electron chi connectivity index (χ2n) is 5.57. The fraction of sp³-hybridized carbons (Fsp3) is 0.222. The summed E-state index contributed by atoms with van der Waals surface area (Å²) >= 11 is 1.30. The van der Waals surface area contributed by atoms with Gasteiger partial charge < -0.3 is 4.74 Å². The van der Waals surface area contributed by atoms with Crippen LogP contribution in [0.1, 0.15) is 25.3 Å². The van der Waals surface area contributed by atoms with Crippen molar-refractivity contribution in [3.05, 3.63) is 70.3 Å². The highest BCUT2D eigenvalue weighted by Crippen LogP contribution is 2.24.